The highest BCUT2D eigenvalue weighted by Crippen LogP contribution is 2.39. The summed E-state index contributed by atoms with van der Waals surface area (Å²) in [5.74, 6) is 0.951. The van der Waals surface area contributed by atoms with Crippen LogP contribution in [0.4, 0.5) is 11.4 Å². The number of benzene rings is 2. The molecule has 5 rings (SSSR count). The predicted octanol–water partition coefficient (Wildman–Crippen LogP) is 2.04. The summed E-state index contributed by atoms with van der Waals surface area (Å²) in [6, 6.07) is 11.4. The van der Waals surface area contributed by atoms with Crippen molar-refractivity contribution < 1.29 is 17.9 Å². The van der Waals surface area contributed by atoms with Crippen LogP contribution in [0.3, 0.4) is 0 Å². The number of aryl methyl sites for hydroxylation is 1. The van der Waals surface area contributed by atoms with Crippen molar-refractivity contribution in [3.63, 3.8) is 0 Å². The van der Waals surface area contributed by atoms with Gasteiger partial charge in [-0.3, -0.25) is 4.79 Å². The first-order valence-electron chi connectivity index (χ1n) is 10.3. The van der Waals surface area contributed by atoms with E-state index in [9.17, 15) is 13.2 Å². The summed E-state index contributed by atoms with van der Waals surface area (Å²) in [5.41, 5.74) is 3.99. The van der Waals surface area contributed by atoms with Crippen molar-refractivity contribution in [1.82, 2.24) is 4.31 Å². The Balaban J connectivity index is 1.35. The maximum absolute atomic E-state index is 13.4. The first-order valence-corrected chi connectivity index (χ1v) is 11.8. The van der Waals surface area contributed by atoms with E-state index in [1.54, 1.807) is 23.5 Å². The number of hydrogen-bond donors (Lipinski definition) is 0. The summed E-state index contributed by atoms with van der Waals surface area (Å²) in [6.07, 6.45) is 1.80. The number of piperazine rings is 1. The Morgan fingerprint density at radius 2 is 1.53 bits per heavy atom. The van der Waals surface area contributed by atoms with E-state index in [2.05, 4.69) is 4.90 Å². The molecule has 30 heavy (non-hydrogen) atoms. The van der Waals surface area contributed by atoms with Crippen molar-refractivity contribution >= 4 is 27.3 Å². The third kappa shape index (κ3) is 3.15. The number of ether oxygens (including phenoxy) is 1. The lowest BCUT2D eigenvalue weighted by atomic mass is 10.00. The largest absolute Gasteiger partial charge is 0.497 e. The number of carbonyl (C=O) groups is 1. The first kappa shape index (κ1) is 19.4. The van der Waals surface area contributed by atoms with Crippen LogP contribution < -0.4 is 14.5 Å². The molecule has 0 bridgehead atoms. The molecule has 2 aromatic carbocycles. The summed E-state index contributed by atoms with van der Waals surface area (Å²) < 4.78 is 33.5. The zero-order valence-corrected chi connectivity index (χ0v) is 17.8. The van der Waals surface area contributed by atoms with Crippen LogP contribution in [-0.4, -0.2) is 58.5 Å². The Kier molecular flexibility index (Phi) is 4.71. The Morgan fingerprint density at radius 1 is 0.867 bits per heavy atom. The molecule has 3 heterocycles. The SMILES string of the molecule is COc1ccc(N2CCN(S(=O)(=O)c3cc4c5c(c3)CCN5C(=O)CC4)CC2)cc1. The zero-order valence-electron chi connectivity index (χ0n) is 17.0. The van der Waals surface area contributed by atoms with Crippen LogP contribution in [-0.2, 0) is 27.7 Å². The molecule has 0 aliphatic carbocycles. The second kappa shape index (κ2) is 7.28. The molecule has 0 radical (unpaired) electrons. The van der Waals surface area contributed by atoms with E-state index in [1.165, 1.54) is 0 Å². The van der Waals surface area contributed by atoms with Gasteiger partial charge >= 0.3 is 0 Å². The number of amides is 1. The zero-order chi connectivity index (χ0) is 20.9. The van der Waals surface area contributed by atoms with Crippen LogP contribution >= 0.6 is 0 Å². The second-order valence-corrected chi connectivity index (χ2v) is 9.91. The molecule has 2 aromatic rings. The molecule has 0 N–H and O–H groups in total. The van der Waals surface area contributed by atoms with Gasteiger partial charge in [-0.25, -0.2) is 8.42 Å². The Labute approximate surface area is 176 Å². The molecule has 0 saturated carbocycles. The lowest BCUT2D eigenvalue weighted by molar-refractivity contribution is -0.118. The van der Waals surface area contributed by atoms with Gasteiger partial charge in [0.2, 0.25) is 15.9 Å². The quantitative estimate of drug-likeness (QED) is 0.747. The van der Waals surface area contributed by atoms with Gasteiger partial charge in [0.25, 0.3) is 0 Å². The van der Waals surface area contributed by atoms with Crippen LogP contribution in [0.1, 0.15) is 17.5 Å². The molecule has 0 spiro atoms. The van der Waals surface area contributed by atoms with Gasteiger partial charge < -0.3 is 14.5 Å². The number of methoxy groups -OCH3 is 1. The number of sulfonamides is 1. The monoisotopic (exact) mass is 427 g/mol. The van der Waals surface area contributed by atoms with Crippen LogP contribution in [0.15, 0.2) is 41.3 Å². The van der Waals surface area contributed by atoms with E-state index in [1.807, 2.05) is 29.2 Å². The number of rotatable bonds is 4. The molecule has 7 nitrogen and oxygen atoms in total. The van der Waals surface area contributed by atoms with Crippen molar-refractivity contribution in [2.24, 2.45) is 0 Å². The smallest absolute Gasteiger partial charge is 0.243 e. The first-order chi connectivity index (χ1) is 14.5. The lowest BCUT2D eigenvalue weighted by Crippen LogP contribution is -2.48. The molecule has 1 saturated heterocycles. The fourth-order valence-corrected chi connectivity index (χ4v) is 6.23. The molecule has 8 heteroatoms. The van der Waals surface area contributed by atoms with Crippen molar-refractivity contribution in [1.29, 1.82) is 0 Å². The van der Waals surface area contributed by atoms with Gasteiger partial charge in [-0.15, -0.1) is 0 Å². The van der Waals surface area contributed by atoms with E-state index >= 15 is 0 Å². The fourth-order valence-electron chi connectivity index (χ4n) is 4.70. The maximum Gasteiger partial charge on any atom is 0.243 e. The summed E-state index contributed by atoms with van der Waals surface area (Å²) in [6.45, 7) is 2.85. The molecule has 0 atom stereocenters. The average Bonchev–Trinajstić information content (AvgIpc) is 3.22. The molecular weight excluding hydrogens is 402 g/mol. The minimum absolute atomic E-state index is 0.145. The third-order valence-electron chi connectivity index (χ3n) is 6.34. The molecule has 3 aliphatic heterocycles. The second-order valence-electron chi connectivity index (χ2n) is 7.97. The highest BCUT2D eigenvalue weighted by molar-refractivity contribution is 7.89. The van der Waals surface area contributed by atoms with Gasteiger partial charge in [0, 0.05) is 44.8 Å². The highest BCUT2D eigenvalue weighted by Gasteiger charge is 2.35. The van der Waals surface area contributed by atoms with E-state index in [4.69, 9.17) is 4.74 Å². The van der Waals surface area contributed by atoms with E-state index in [-0.39, 0.29) is 5.91 Å². The van der Waals surface area contributed by atoms with Crippen molar-refractivity contribution in [2.45, 2.75) is 24.2 Å². The van der Waals surface area contributed by atoms with Gasteiger partial charge in [0.15, 0.2) is 0 Å². The summed E-state index contributed by atoms with van der Waals surface area (Å²) >= 11 is 0. The number of carbonyl (C=O) groups excluding carboxylic acids is 1. The van der Waals surface area contributed by atoms with Gasteiger partial charge in [-0.2, -0.15) is 4.31 Å². The fraction of sp³-hybridized carbons (Fsp3) is 0.409. The molecule has 0 unspecified atom stereocenters. The molecule has 1 fully saturated rings. The van der Waals surface area contributed by atoms with Gasteiger partial charge in [0.05, 0.1) is 17.7 Å². The summed E-state index contributed by atoms with van der Waals surface area (Å²) in [5, 5.41) is 0. The molecule has 1 amide bonds. The van der Waals surface area contributed by atoms with Gasteiger partial charge in [-0.1, -0.05) is 0 Å². The summed E-state index contributed by atoms with van der Waals surface area (Å²) in [7, 11) is -1.92. The number of anilines is 2. The topological polar surface area (TPSA) is 70.2 Å². The number of nitrogens with zero attached hydrogens (tertiary/aromatic N) is 3. The maximum atomic E-state index is 13.4. The average molecular weight is 428 g/mol. The molecule has 3 aliphatic rings. The van der Waals surface area contributed by atoms with Crippen LogP contribution in [0.2, 0.25) is 0 Å². The van der Waals surface area contributed by atoms with Gasteiger partial charge in [-0.05, 0) is 60.4 Å². The third-order valence-corrected chi connectivity index (χ3v) is 8.22. The standard InChI is InChI=1S/C22H25N3O4S/c1-29-19-5-3-18(4-6-19)23-10-12-24(13-11-23)30(27,28)20-14-16-2-7-21(26)25-9-8-17(15-20)22(16)25/h3-6,14-15H,2,7-13H2,1H3. The number of hydrogen-bond acceptors (Lipinski definition) is 5. The molecular formula is C22H25N3O4S. The molecule has 158 valence electrons. The lowest BCUT2D eigenvalue weighted by Gasteiger charge is -2.35. The van der Waals surface area contributed by atoms with E-state index in [0.717, 1.165) is 34.7 Å². The summed E-state index contributed by atoms with van der Waals surface area (Å²) in [4.78, 5) is 16.5. The van der Waals surface area contributed by atoms with Crippen molar-refractivity contribution in [3.8, 4) is 5.75 Å². The highest BCUT2D eigenvalue weighted by atomic mass is 32.2. The van der Waals surface area contributed by atoms with Gasteiger partial charge in [0.1, 0.15) is 5.75 Å². The van der Waals surface area contributed by atoms with Crippen LogP contribution in [0.5, 0.6) is 5.75 Å². The Bertz CT molecular complexity index is 1090. The minimum atomic E-state index is -3.56. The predicted molar refractivity (Wildman–Crippen MR) is 115 cm³/mol. The van der Waals surface area contributed by atoms with E-state index in [0.29, 0.717) is 50.5 Å². The van der Waals surface area contributed by atoms with Crippen molar-refractivity contribution in [3.05, 3.63) is 47.5 Å². The van der Waals surface area contributed by atoms with Crippen molar-refractivity contribution in [2.75, 3.05) is 49.6 Å². The normalized spacial score (nSPS) is 19.2. The van der Waals surface area contributed by atoms with E-state index < -0.39 is 10.0 Å². The Hall–Kier alpha value is -2.58. The minimum Gasteiger partial charge on any atom is -0.497 e. The Morgan fingerprint density at radius 3 is 2.20 bits per heavy atom. The van der Waals surface area contributed by atoms with Crippen LogP contribution in [0.25, 0.3) is 0 Å². The molecule has 0 aromatic heterocycles. The van der Waals surface area contributed by atoms with Crippen LogP contribution in [0, 0.1) is 0 Å².